The van der Waals surface area contributed by atoms with E-state index in [4.69, 9.17) is 5.11 Å². The standard InChI is InChI=1S/C16H22BrNO3/c1-16(2,12-6-5-7-13(17)10-12)11-18-14(19)8-3-4-9-15(20)21/h5-7,10H,3-4,8-9,11H2,1-2H3,(H,18,19)(H,20,21). The zero-order chi connectivity index (χ0) is 15.9. The van der Waals surface area contributed by atoms with E-state index in [0.29, 0.717) is 25.8 Å². The number of amides is 1. The number of hydrogen-bond donors (Lipinski definition) is 2. The van der Waals surface area contributed by atoms with Crippen LogP contribution in [0.15, 0.2) is 28.7 Å². The molecule has 0 unspecified atom stereocenters. The van der Waals surface area contributed by atoms with Gasteiger partial charge in [0, 0.05) is 29.3 Å². The highest BCUT2D eigenvalue weighted by molar-refractivity contribution is 9.10. The molecule has 0 bridgehead atoms. The molecule has 0 spiro atoms. The predicted octanol–water partition coefficient (Wildman–Crippen LogP) is 3.49. The first-order valence-corrected chi connectivity index (χ1v) is 7.85. The first kappa shape index (κ1) is 17.7. The molecular formula is C16H22BrNO3. The Morgan fingerprint density at radius 2 is 1.90 bits per heavy atom. The predicted molar refractivity (Wildman–Crippen MR) is 86.3 cm³/mol. The molecule has 1 rings (SSSR count). The first-order chi connectivity index (χ1) is 9.81. The molecular weight excluding hydrogens is 334 g/mol. The minimum atomic E-state index is -0.814. The Morgan fingerprint density at radius 1 is 1.24 bits per heavy atom. The lowest BCUT2D eigenvalue weighted by Gasteiger charge is -2.26. The Hall–Kier alpha value is -1.36. The minimum Gasteiger partial charge on any atom is -0.481 e. The molecule has 0 aliphatic rings. The molecule has 21 heavy (non-hydrogen) atoms. The van der Waals surface area contributed by atoms with E-state index in [9.17, 15) is 9.59 Å². The van der Waals surface area contributed by atoms with Crippen molar-refractivity contribution in [2.75, 3.05) is 6.54 Å². The Balaban J connectivity index is 2.39. The van der Waals surface area contributed by atoms with Gasteiger partial charge in [0.05, 0.1) is 0 Å². The summed E-state index contributed by atoms with van der Waals surface area (Å²) in [6.07, 6.45) is 1.64. The van der Waals surface area contributed by atoms with Gasteiger partial charge in [-0.05, 0) is 30.5 Å². The summed E-state index contributed by atoms with van der Waals surface area (Å²) in [6, 6.07) is 8.05. The fourth-order valence-electron chi connectivity index (χ4n) is 1.98. The average molecular weight is 356 g/mol. The molecule has 1 aromatic carbocycles. The number of aliphatic carboxylic acids is 1. The van der Waals surface area contributed by atoms with Crippen LogP contribution in [0.25, 0.3) is 0 Å². The van der Waals surface area contributed by atoms with Gasteiger partial charge in [-0.15, -0.1) is 0 Å². The molecule has 1 aromatic rings. The van der Waals surface area contributed by atoms with Crippen molar-refractivity contribution in [2.24, 2.45) is 0 Å². The van der Waals surface area contributed by atoms with Crippen molar-refractivity contribution in [2.45, 2.75) is 44.9 Å². The summed E-state index contributed by atoms with van der Waals surface area (Å²) in [5, 5.41) is 11.5. The molecule has 0 saturated heterocycles. The smallest absolute Gasteiger partial charge is 0.303 e. The van der Waals surface area contributed by atoms with E-state index in [1.807, 2.05) is 18.2 Å². The maximum absolute atomic E-state index is 11.8. The number of carboxylic acids is 1. The number of carbonyl (C=O) groups is 2. The first-order valence-electron chi connectivity index (χ1n) is 7.06. The second kappa shape index (κ2) is 8.17. The van der Waals surface area contributed by atoms with Gasteiger partial charge in [-0.3, -0.25) is 9.59 Å². The molecule has 2 N–H and O–H groups in total. The SMILES string of the molecule is CC(C)(CNC(=O)CCCCC(=O)O)c1cccc(Br)c1. The van der Waals surface area contributed by atoms with Crippen molar-refractivity contribution < 1.29 is 14.7 Å². The lowest BCUT2D eigenvalue weighted by atomic mass is 9.84. The highest BCUT2D eigenvalue weighted by Crippen LogP contribution is 2.25. The Bertz CT molecular complexity index is 500. The molecule has 0 aliphatic heterocycles. The van der Waals surface area contributed by atoms with Gasteiger partial charge in [0.2, 0.25) is 5.91 Å². The van der Waals surface area contributed by atoms with Crippen LogP contribution in [0, 0.1) is 0 Å². The zero-order valence-corrected chi connectivity index (χ0v) is 14.1. The van der Waals surface area contributed by atoms with Gasteiger partial charge in [-0.1, -0.05) is 41.9 Å². The summed E-state index contributed by atoms with van der Waals surface area (Å²) in [4.78, 5) is 22.1. The Morgan fingerprint density at radius 3 is 2.52 bits per heavy atom. The number of halogens is 1. The van der Waals surface area contributed by atoms with Gasteiger partial charge >= 0.3 is 5.97 Å². The van der Waals surface area contributed by atoms with Crippen LogP contribution in [0.1, 0.15) is 45.1 Å². The van der Waals surface area contributed by atoms with Crippen molar-refractivity contribution in [1.82, 2.24) is 5.32 Å². The summed E-state index contributed by atoms with van der Waals surface area (Å²) in [5.74, 6) is -0.838. The molecule has 0 atom stereocenters. The molecule has 0 aromatic heterocycles. The van der Waals surface area contributed by atoms with Crippen molar-refractivity contribution in [3.05, 3.63) is 34.3 Å². The second-order valence-corrected chi connectivity index (χ2v) is 6.69. The van der Waals surface area contributed by atoms with E-state index in [2.05, 4.69) is 41.2 Å². The summed E-state index contributed by atoms with van der Waals surface area (Å²) in [5.41, 5.74) is 1.00. The second-order valence-electron chi connectivity index (χ2n) is 5.77. The van der Waals surface area contributed by atoms with Crippen molar-refractivity contribution in [3.63, 3.8) is 0 Å². The molecule has 4 nitrogen and oxygen atoms in total. The number of hydrogen-bond acceptors (Lipinski definition) is 2. The number of nitrogens with one attached hydrogen (secondary N) is 1. The van der Waals surface area contributed by atoms with Gasteiger partial charge < -0.3 is 10.4 Å². The highest BCUT2D eigenvalue weighted by Gasteiger charge is 2.21. The number of unbranched alkanes of at least 4 members (excludes halogenated alkanes) is 1. The number of carbonyl (C=O) groups excluding carboxylic acids is 1. The highest BCUT2D eigenvalue weighted by atomic mass is 79.9. The van der Waals surface area contributed by atoms with Crippen LogP contribution in [0.3, 0.4) is 0 Å². The van der Waals surface area contributed by atoms with Gasteiger partial charge in [-0.2, -0.15) is 0 Å². The molecule has 0 aliphatic carbocycles. The van der Waals surface area contributed by atoms with E-state index < -0.39 is 5.97 Å². The van der Waals surface area contributed by atoms with E-state index >= 15 is 0 Å². The number of carboxylic acid groups (broad SMARTS) is 1. The molecule has 0 radical (unpaired) electrons. The van der Waals surface area contributed by atoms with Crippen molar-refractivity contribution >= 4 is 27.8 Å². The molecule has 0 saturated carbocycles. The maximum Gasteiger partial charge on any atom is 0.303 e. The van der Waals surface area contributed by atoms with Crippen LogP contribution in [0.2, 0.25) is 0 Å². The third-order valence-electron chi connectivity index (χ3n) is 3.38. The quantitative estimate of drug-likeness (QED) is 0.701. The summed E-state index contributed by atoms with van der Waals surface area (Å²) in [7, 11) is 0. The molecule has 5 heteroatoms. The Labute approximate surface area is 134 Å². The maximum atomic E-state index is 11.8. The zero-order valence-electron chi connectivity index (χ0n) is 12.5. The summed E-state index contributed by atoms with van der Waals surface area (Å²) in [6.45, 7) is 4.72. The van der Waals surface area contributed by atoms with Crippen molar-refractivity contribution in [3.8, 4) is 0 Å². The lowest BCUT2D eigenvalue weighted by molar-refractivity contribution is -0.137. The fraction of sp³-hybridized carbons (Fsp3) is 0.500. The molecule has 0 heterocycles. The van der Waals surface area contributed by atoms with E-state index in [0.717, 1.165) is 10.0 Å². The van der Waals surface area contributed by atoms with Gasteiger partial charge in [0.15, 0.2) is 0 Å². The summed E-state index contributed by atoms with van der Waals surface area (Å²) < 4.78 is 1.02. The minimum absolute atomic E-state index is 0.0246. The van der Waals surface area contributed by atoms with E-state index in [-0.39, 0.29) is 17.7 Å². The van der Waals surface area contributed by atoms with Crippen LogP contribution in [0.4, 0.5) is 0 Å². The van der Waals surface area contributed by atoms with Crippen LogP contribution < -0.4 is 5.32 Å². The third kappa shape index (κ3) is 6.76. The summed E-state index contributed by atoms with van der Waals surface area (Å²) >= 11 is 3.45. The molecule has 0 fully saturated rings. The van der Waals surface area contributed by atoms with Gasteiger partial charge in [0.1, 0.15) is 0 Å². The van der Waals surface area contributed by atoms with Crippen LogP contribution in [0.5, 0.6) is 0 Å². The number of rotatable bonds is 8. The Kier molecular flexibility index (Phi) is 6.89. The fourth-order valence-corrected chi connectivity index (χ4v) is 2.38. The van der Waals surface area contributed by atoms with E-state index in [1.54, 1.807) is 0 Å². The van der Waals surface area contributed by atoms with Gasteiger partial charge in [-0.25, -0.2) is 0 Å². The monoisotopic (exact) mass is 355 g/mol. The lowest BCUT2D eigenvalue weighted by Crippen LogP contribution is -2.36. The van der Waals surface area contributed by atoms with Crippen LogP contribution in [-0.2, 0) is 15.0 Å². The van der Waals surface area contributed by atoms with Crippen molar-refractivity contribution in [1.29, 1.82) is 0 Å². The van der Waals surface area contributed by atoms with Crippen LogP contribution >= 0.6 is 15.9 Å². The largest absolute Gasteiger partial charge is 0.481 e. The normalized spacial score (nSPS) is 11.2. The average Bonchev–Trinajstić information content (AvgIpc) is 2.41. The third-order valence-corrected chi connectivity index (χ3v) is 3.87. The molecule has 116 valence electrons. The van der Waals surface area contributed by atoms with E-state index in [1.165, 1.54) is 0 Å². The number of benzene rings is 1. The topological polar surface area (TPSA) is 66.4 Å². The molecule has 1 amide bonds. The van der Waals surface area contributed by atoms with Gasteiger partial charge in [0.25, 0.3) is 0 Å². The van der Waals surface area contributed by atoms with Crippen LogP contribution in [-0.4, -0.2) is 23.5 Å².